The van der Waals surface area contributed by atoms with Crippen molar-refractivity contribution >= 4 is 17.7 Å². The molecule has 5 heteroatoms. The van der Waals surface area contributed by atoms with Crippen molar-refractivity contribution in [1.82, 2.24) is 5.32 Å². The molecule has 1 aromatic carbocycles. The lowest BCUT2D eigenvalue weighted by atomic mass is 9.85. The van der Waals surface area contributed by atoms with Crippen molar-refractivity contribution in [1.29, 1.82) is 0 Å². The molecule has 0 unspecified atom stereocenters. The highest BCUT2D eigenvalue weighted by atomic mass is 16.4. The van der Waals surface area contributed by atoms with Crippen molar-refractivity contribution in [3.8, 4) is 0 Å². The van der Waals surface area contributed by atoms with Crippen molar-refractivity contribution in [2.24, 2.45) is 5.92 Å². The minimum Gasteiger partial charge on any atom is -0.481 e. The third kappa shape index (κ3) is 5.10. The van der Waals surface area contributed by atoms with Crippen molar-refractivity contribution in [3.63, 3.8) is 0 Å². The third-order valence-corrected chi connectivity index (χ3v) is 3.41. The molecule has 0 heterocycles. The molecule has 0 atom stereocenters. The van der Waals surface area contributed by atoms with Gasteiger partial charge in [0.25, 0.3) is 0 Å². The Balaban J connectivity index is 2.59. The van der Waals surface area contributed by atoms with Gasteiger partial charge in [-0.15, -0.1) is 0 Å². The van der Waals surface area contributed by atoms with E-state index in [1.165, 1.54) is 0 Å². The van der Waals surface area contributed by atoms with E-state index in [-0.39, 0.29) is 6.03 Å². The van der Waals surface area contributed by atoms with Gasteiger partial charge in [0.15, 0.2) is 0 Å². The largest absolute Gasteiger partial charge is 0.481 e. The van der Waals surface area contributed by atoms with Crippen LogP contribution >= 0.6 is 0 Å². The van der Waals surface area contributed by atoms with Crippen LogP contribution in [0.3, 0.4) is 0 Å². The average molecular weight is 292 g/mol. The summed E-state index contributed by atoms with van der Waals surface area (Å²) in [6.07, 6.45) is 0.930. The number of hydrogen-bond acceptors (Lipinski definition) is 2. The van der Waals surface area contributed by atoms with Gasteiger partial charge in [0.1, 0.15) is 0 Å². The number of anilines is 1. The quantitative estimate of drug-likeness (QED) is 0.753. The first-order valence-corrected chi connectivity index (χ1v) is 7.12. The third-order valence-electron chi connectivity index (χ3n) is 3.41. The molecule has 0 radical (unpaired) electrons. The molecule has 0 aliphatic heterocycles. The maximum Gasteiger partial charge on any atom is 0.319 e. The Kier molecular flexibility index (Phi) is 5.76. The van der Waals surface area contributed by atoms with E-state index in [0.29, 0.717) is 23.7 Å². The van der Waals surface area contributed by atoms with Crippen molar-refractivity contribution < 1.29 is 14.7 Å². The number of amides is 2. The van der Waals surface area contributed by atoms with Gasteiger partial charge in [0.05, 0.1) is 5.41 Å². The number of benzene rings is 1. The minimum atomic E-state index is -0.946. The van der Waals surface area contributed by atoms with Crippen molar-refractivity contribution in [3.05, 3.63) is 29.8 Å². The molecule has 116 valence electrons. The molecule has 3 N–H and O–H groups in total. The highest BCUT2D eigenvalue weighted by Gasteiger charge is 2.29. The lowest BCUT2D eigenvalue weighted by molar-refractivity contribution is -0.142. The molecule has 0 saturated carbocycles. The van der Waals surface area contributed by atoms with Gasteiger partial charge in [0, 0.05) is 12.2 Å². The normalized spacial score (nSPS) is 11.3. The number of aliphatic carboxylic acids is 1. The number of nitrogens with one attached hydrogen (secondary N) is 2. The Labute approximate surface area is 125 Å². The molecule has 5 nitrogen and oxygen atoms in total. The van der Waals surface area contributed by atoms with Crippen LogP contribution in [0.4, 0.5) is 10.5 Å². The topological polar surface area (TPSA) is 78.4 Å². The van der Waals surface area contributed by atoms with Crippen LogP contribution in [-0.4, -0.2) is 23.7 Å². The Morgan fingerprint density at radius 1 is 1.19 bits per heavy atom. The molecule has 0 saturated heterocycles. The van der Waals surface area contributed by atoms with Crippen molar-refractivity contribution in [2.45, 2.75) is 39.5 Å². The highest BCUT2D eigenvalue weighted by Crippen LogP contribution is 2.24. The molecular weight excluding hydrogens is 268 g/mol. The zero-order valence-electron chi connectivity index (χ0n) is 13.1. The predicted molar refractivity (Wildman–Crippen MR) is 83.6 cm³/mol. The summed E-state index contributed by atoms with van der Waals surface area (Å²) < 4.78 is 0. The lowest BCUT2D eigenvalue weighted by Gasteiger charge is -2.20. The summed E-state index contributed by atoms with van der Waals surface area (Å²) in [4.78, 5) is 22.8. The second-order valence-corrected chi connectivity index (χ2v) is 6.07. The van der Waals surface area contributed by atoms with Gasteiger partial charge >= 0.3 is 12.0 Å². The van der Waals surface area contributed by atoms with Crippen molar-refractivity contribution in [2.75, 3.05) is 11.9 Å². The first kappa shape index (κ1) is 17.0. The van der Waals surface area contributed by atoms with Gasteiger partial charge in [-0.2, -0.15) is 0 Å². The Morgan fingerprint density at radius 3 is 2.24 bits per heavy atom. The molecule has 0 aliphatic rings. The molecule has 0 spiro atoms. The van der Waals surface area contributed by atoms with E-state index < -0.39 is 11.4 Å². The Bertz CT molecular complexity index is 493. The van der Waals surface area contributed by atoms with E-state index in [4.69, 9.17) is 0 Å². The van der Waals surface area contributed by atoms with Crippen LogP contribution in [-0.2, 0) is 10.2 Å². The fourth-order valence-electron chi connectivity index (χ4n) is 1.74. The summed E-state index contributed by atoms with van der Waals surface area (Å²) in [5.74, 6) is -0.336. The molecule has 2 amide bonds. The number of carbonyl (C=O) groups excluding carboxylic acids is 1. The summed E-state index contributed by atoms with van der Waals surface area (Å²) >= 11 is 0. The zero-order valence-corrected chi connectivity index (χ0v) is 13.1. The van der Waals surface area contributed by atoms with Gasteiger partial charge in [-0.05, 0) is 43.9 Å². The summed E-state index contributed by atoms with van der Waals surface area (Å²) in [6.45, 7) is 8.13. The Hall–Kier alpha value is -2.04. The van der Waals surface area contributed by atoms with E-state index in [0.717, 1.165) is 6.42 Å². The van der Waals surface area contributed by atoms with E-state index in [1.54, 1.807) is 38.1 Å². The van der Waals surface area contributed by atoms with Crippen LogP contribution in [0.2, 0.25) is 0 Å². The molecule has 0 aliphatic carbocycles. The number of hydrogen-bond donors (Lipinski definition) is 3. The number of carboxylic acid groups (broad SMARTS) is 1. The fourth-order valence-corrected chi connectivity index (χ4v) is 1.74. The first-order valence-electron chi connectivity index (χ1n) is 7.12. The molecule has 0 fully saturated rings. The minimum absolute atomic E-state index is 0.249. The molecule has 1 aromatic rings. The SMILES string of the molecule is CC(C)CCNC(=O)Nc1ccc(C(C)(C)C(=O)O)cc1. The van der Waals surface area contributed by atoms with E-state index >= 15 is 0 Å². The second kappa shape index (κ2) is 7.11. The Morgan fingerprint density at radius 2 is 1.76 bits per heavy atom. The van der Waals surface area contributed by atoms with Gasteiger partial charge in [-0.3, -0.25) is 4.79 Å². The number of carbonyl (C=O) groups is 2. The molecule has 0 aromatic heterocycles. The lowest BCUT2D eigenvalue weighted by Crippen LogP contribution is -2.30. The number of urea groups is 1. The number of rotatable bonds is 6. The van der Waals surface area contributed by atoms with Crippen LogP contribution in [0, 0.1) is 5.92 Å². The molecular formula is C16H24N2O3. The first-order chi connectivity index (χ1) is 9.73. The van der Waals surface area contributed by atoms with E-state index in [2.05, 4.69) is 24.5 Å². The van der Waals surface area contributed by atoms with E-state index in [9.17, 15) is 14.7 Å². The zero-order chi connectivity index (χ0) is 16.0. The van der Waals surface area contributed by atoms with Crippen LogP contribution in [0.15, 0.2) is 24.3 Å². The van der Waals surface area contributed by atoms with E-state index in [1.807, 2.05) is 0 Å². The summed E-state index contributed by atoms with van der Waals surface area (Å²) in [5.41, 5.74) is 0.390. The second-order valence-electron chi connectivity index (χ2n) is 6.07. The molecule has 0 bridgehead atoms. The number of carboxylic acids is 1. The fraction of sp³-hybridized carbons (Fsp3) is 0.500. The molecule has 21 heavy (non-hydrogen) atoms. The summed E-state index contributed by atoms with van der Waals surface area (Å²) in [7, 11) is 0. The summed E-state index contributed by atoms with van der Waals surface area (Å²) in [6, 6.07) is 6.61. The van der Waals surface area contributed by atoms with Gasteiger partial charge in [-0.1, -0.05) is 26.0 Å². The van der Waals surface area contributed by atoms with Crippen LogP contribution in [0.1, 0.15) is 39.7 Å². The highest BCUT2D eigenvalue weighted by molar-refractivity contribution is 5.89. The van der Waals surface area contributed by atoms with Crippen LogP contribution in [0.5, 0.6) is 0 Å². The maximum atomic E-state index is 11.7. The van der Waals surface area contributed by atoms with Gasteiger partial charge in [-0.25, -0.2) is 4.79 Å². The van der Waals surface area contributed by atoms with Crippen LogP contribution < -0.4 is 10.6 Å². The van der Waals surface area contributed by atoms with Gasteiger partial charge in [0.2, 0.25) is 0 Å². The summed E-state index contributed by atoms with van der Waals surface area (Å²) in [5, 5.41) is 14.7. The standard InChI is InChI=1S/C16H24N2O3/c1-11(2)9-10-17-15(21)18-13-7-5-12(6-8-13)16(3,4)14(19)20/h5-8,11H,9-10H2,1-4H3,(H,19,20)(H2,17,18,21). The molecule has 1 rings (SSSR count). The predicted octanol–water partition coefficient (Wildman–Crippen LogP) is 3.22. The smallest absolute Gasteiger partial charge is 0.319 e. The average Bonchev–Trinajstić information content (AvgIpc) is 2.38. The van der Waals surface area contributed by atoms with Crippen LogP contribution in [0.25, 0.3) is 0 Å². The maximum absolute atomic E-state index is 11.7. The monoisotopic (exact) mass is 292 g/mol. The van der Waals surface area contributed by atoms with Gasteiger partial charge < -0.3 is 15.7 Å².